The Bertz CT molecular complexity index is 1190. The van der Waals surface area contributed by atoms with Crippen LogP contribution in [0, 0.1) is 20.8 Å². The topological polar surface area (TPSA) is 91.3 Å². The zero-order valence-electron chi connectivity index (χ0n) is 19.3. The first kappa shape index (κ1) is 22.8. The molecule has 0 saturated carbocycles. The van der Waals surface area contributed by atoms with Gasteiger partial charge < -0.3 is 15.0 Å². The summed E-state index contributed by atoms with van der Waals surface area (Å²) >= 11 is 1.08. The zero-order chi connectivity index (χ0) is 23.9. The number of amidine groups is 1. The number of hydrogen-bond donors (Lipinski definition) is 1. The summed E-state index contributed by atoms with van der Waals surface area (Å²) < 4.78 is 5.91. The third kappa shape index (κ3) is 3.97. The lowest BCUT2D eigenvalue weighted by atomic mass is 10.0. The van der Waals surface area contributed by atoms with Gasteiger partial charge in [-0.1, -0.05) is 29.8 Å². The normalized spacial score (nSPS) is 19.1. The average Bonchev–Trinajstić information content (AvgIpc) is 3.20. The quantitative estimate of drug-likeness (QED) is 0.747. The van der Waals surface area contributed by atoms with Gasteiger partial charge in [-0.25, -0.2) is 0 Å². The summed E-state index contributed by atoms with van der Waals surface area (Å²) in [4.78, 5) is 38.5. The molecule has 1 spiro atoms. The van der Waals surface area contributed by atoms with Crippen molar-refractivity contribution in [3.8, 4) is 5.75 Å². The fourth-order valence-electron chi connectivity index (χ4n) is 4.31. The first-order chi connectivity index (χ1) is 15.6. The van der Waals surface area contributed by atoms with E-state index in [9.17, 15) is 14.4 Å². The van der Waals surface area contributed by atoms with E-state index in [0.717, 1.165) is 39.9 Å². The number of aryl methyl sites for hydroxylation is 3. The maximum Gasteiger partial charge on any atom is 0.270 e. The summed E-state index contributed by atoms with van der Waals surface area (Å²) in [5.41, 5.74) is 4.40. The number of nitrogens with zero attached hydrogens (tertiary/aromatic N) is 3. The first-order valence-electron chi connectivity index (χ1n) is 10.6. The lowest BCUT2D eigenvalue weighted by Crippen LogP contribution is -2.49. The Morgan fingerprint density at radius 1 is 1.12 bits per heavy atom. The van der Waals surface area contributed by atoms with Crippen LogP contribution in [-0.4, -0.2) is 41.0 Å². The molecule has 2 aliphatic heterocycles. The standard InChI is InChI=1S/C24H26N4O4S/c1-14-7-6-8-19(12-14)32-10-9-27-21-16(3)11-15(2)13-20(21)24(22(27)31)28(18(5)30)26-23(33-24)25-17(4)29/h6-8,11-13H,9-10H2,1-5H3,(H,25,26,29)/t24-/m1/s1. The SMILES string of the molecule is CC(=O)NC1=NN(C(C)=O)[C@]2(S1)C(=O)N(CCOc1cccc(C)c1)c1c(C)cc(C)cc12. The number of hydrazone groups is 1. The summed E-state index contributed by atoms with van der Waals surface area (Å²) in [5, 5.41) is 8.33. The van der Waals surface area contributed by atoms with Crippen LogP contribution in [0.5, 0.6) is 5.75 Å². The second-order valence-electron chi connectivity index (χ2n) is 8.26. The number of nitrogens with one attached hydrogen (secondary N) is 1. The van der Waals surface area contributed by atoms with Gasteiger partial charge >= 0.3 is 0 Å². The van der Waals surface area contributed by atoms with Crippen LogP contribution in [0.3, 0.4) is 0 Å². The van der Waals surface area contributed by atoms with E-state index in [0.29, 0.717) is 12.1 Å². The highest BCUT2D eigenvalue weighted by molar-refractivity contribution is 8.15. The Labute approximate surface area is 197 Å². The molecule has 0 saturated heterocycles. The van der Waals surface area contributed by atoms with Gasteiger partial charge in [-0.2, -0.15) is 5.01 Å². The van der Waals surface area contributed by atoms with Gasteiger partial charge in [0.05, 0.1) is 12.2 Å². The molecular formula is C24H26N4O4S. The summed E-state index contributed by atoms with van der Waals surface area (Å²) in [5.74, 6) is -0.270. The maximum absolute atomic E-state index is 14.0. The van der Waals surface area contributed by atoms with Crippen LogP contribution >= 0.6 is 11.8 Å². The Balaban J connectivity index is 1.71. The maximum atomic E-state index is 14.0. The van der Waals surface area contributed by atoms with E-state index in [-0.39, 0.29) is 29.5 Å². The van der Waals surface area contributed by atoms with Gasteiger partial charge in [0.1, 0.15) is 12.4 Å². The lowest BCUT2D eigenvalue weighted by molar-refractivity contribution is -0.139. The summed E-state index contributed by atoms with van der Waals surface area (Å²) in [6.45, 7) is 9.18. The molecule has 172 valence electrons. The largest absolute Gasteiger partial charge is 0.492 e. The van der Waals surface area contributed by atoms with Crippen molar-refractivity contribution < 1.29 is 19.1 Å². The summed E-state index contributed by atoms with van der Waals surface area (Å²) in [6, 6.07) is 11.6. The van der Waals surface area contributed by atoms with E-state index in [1.54, 1.807) is 4.90 Å². The average molecular weight is 467 g/mol. The Hall–Kier alpha value is -3.33. The highest BCUT2D eigenvalue weighted by atomic mass is 32.2. The van der Waals surface area contributed by atoms with Crippen LogP contribution in [0.2, 0.25) is 0 Å². The number of anilines is 1. The van der Waals surface area contributed by atoms with Crippen LogP contribution < -0.4 is 15.0 Å². The van der Waals surface area contributed by atoms with Crippen molar-refractivity contribution in [1.82, 2.24) is 10.3 Å². The molecule has 0 aromatic heterocycles. The Morgan fingerprint density at radius 2 is 1.88 bits per heavy atom. The minimum atomic E-state index is -1.40. The van der Waals surface area contributed by atoms with Crippen molar-refractivity contribution in [2.45, 2.75) is 39.5 Å². The molecule has 1 atom stereocenters. The first-order valence-corrected chi connectivity index (χ1v) is 11.4. The van der Waals surface area contributed by atoms with E-state index in [1.165, 1.54) is 18.9 Å². The van der Waals surface area contributed by atoms with Crippen LogP contribution in [-0.2, 0) is 19.3 Å². The molecule has 2 heterocycles. The number of carbonyl (C=O) groups is 3. The molecule has 1 N–H and O–H groups in total. The third-order valence-corrected chi connectivity index (χ3v) is 6.74. The molecule has 0 radical (unpaired) electrons. The number of thioether (sulfide) groups is 1. The predicted molar refractivity (Wildman–Crippen MR) is 128 cm³/mol. The van der Waals surface area contributed by atoms with Crippen LogP contribution in [0.15, 0.2) is 41.5 Å². The molecule has 2 aliphatic rings. The van der Waals surface area contributed by atoms with Crippen LogP contribution in [0.25, 0.3) is 0 Å². The van der Waals surface area contributed by atoms with Gasteiger partial charge in [-0.05, 0) is 55.8 Å². The number of rotatable bonds is 4. The van der Waals surface area contributed by atoms with Crippen molar-refractivity contribution in [1.29, 1.82) is 0 Å². The molecule has 2 aromatic rings. The Morgan fingerprint density at radius 3 is 2.55 bits per heavy atom. The van der Waals surface area contributed by atoms with Crippen molar-refractivity contribution in [3.63, 3.8) is 0 Å². The van der Waals surface area contributed by atoms with Gasteiger partial charge in [0.2, 0.25) is 16.7 Å². The molecule has 8 nitrogen and oxygen atoms in total. The molecule has 0 fully saturated rings. The molecule has 0 bridgehead atoms. The van der Waals surface area contributed by atoms with Gasteiger partial charge in [-0.15, -0.1) is 5.10 Å². The number of hydrogen-bond acceptors (Lipinski definition) is 6. The monoisotopic (exact) mass is 466 g/mol. The fraction of sp³-hybridized carbons (Fsp3) is 0.333. The second-order valence-corrected chi connectivity index (χ2v) is 9.44. The molecule has 9 heteroatoms. The number of carbonyl (C=O) groups excluding carboxylic acids is 3. The minimum Gasteiger partial charge on any atom is -0.492 e. The van der Waals surface area contributed by atoms with Crippen LogP contribution in [0.4, 0.5) is 5.69 Å². The van der Waals surface area contributed by atoms with Gasteiger partial charge in [-0.3, -0.25) is 14.4 Å². The van der Waals surface area contributed by atoms with Gasteiger partial charge in [0, 0.05) is 19.4 Å². The van der Waals surface area contributed by atoms with E-state index >= 15 is 0 Å². The molecule has 3 amide bonds. The van der Waals surface area contributed by atoms with Crippen molar-refractivity contribution in [2.24, 2.45) is 5.10 Å². The number of amides is 3. The number of benzene rings is 2. The Kier molecular flexibility index (Phi) is 5.92. The summed E-state index contributed by atoms with van der Waals surface area (Å²) in [6.07, 6.45) is 0. The number of fused-ring (bicyclic) bond motifs is 2. The van der Waals surface area contributed by atoms with Crippen LogP contribution in [0.1, 0.15) is 36.1 Å². The van der Waals surface area contributed by atoms with E-state index < -0.39 is 4.87 Å². The molecule has 0 unspecified atom stereocenters. The minimum absolute atomic E-state index is 0.217. The molecule has 0 aliphatic carbocycles. The van der Waals surface area contributed by atoms with E-state index in [1.807, 2.05) is 57.2 Å². The van der Waals surface area contributed by atoms with E-state index in [2.05, 4.69) is 10.4 Å². The van der Waals surface area contributed by atoms with Crippen molar-refractivity contribution in [2.75, 3.05) is 18.1 Å². The molecular weight excluding hydrogens is 440 g/mol. The fourth-order valence-corrected chi connectivity index (χ4v) is 5.63. The van der Waals surface area contributed by atoms with E-state index in [4.69, 9.17) is 4.74 Å². The van der Waals surface area contributed by atoms with Crippen molar-refractivity contribution in [3.05, 3.63) is 58.7 Å². The molecule has 4 rings (SSSR count). The third-order valence-electron chi connectivity index (χ3n) is 5.50. The smallest absolute Gasteiger partial charge is 0.270 e. The highest BCUT2D eigenvalue weighted by Crippen LogP contribution is 2.55. The zero-order valence-corrected chi connectivity index (χ0v) is 20.1. The van der Waals surface area contributed by atoms with Gasteiger partial charge in [0.25, 0.3) is 5.91 Å². The summed E-state index contributed by atoms with van der Waals surface area (Å²) in [7, 11) is 0. The molecule has 33 heavy (non-hydrogen) atoms. The predicted octanol–water partition coefficient (Wildman–Crippen LogP) is 3.19. The number of ether oxygens (including phenoxy) is 1. The second kappa shape index (κ2) is 8.55. The lowest BCUT2D eigenvalue weighted by Gasteiger charge is -2.29. The van der Waals surface area contributed by atoms with Crippen molar-refractivity contribution >= 4 is 40.3 Å². The highest BCUT2D eigenvalue weighted by Gasteiger charge is 2.61. The molecule has 2 aromatic carbocycles. The van der Waals surface area contributed by atoms with Gasteiger partial charge in [0.15, 0.2) is 5.17 Å².